The molecule has 0 aromatic heterocycles. The Labute approximate surface area is 124 Å². The van der Waals surface area contributed by atoms with Crippen LogP contribution in [0.3, 0.4) is 0 Å². The van der Waals surface area contributed by atoms with Gasteiger partial charge in [0.25, 0.3) is 0 Å². The molecule has 7 nitrogen and oxygen atoms in total. The molecule has 1 heterocycles. The van der Waals surface area contributed by atoms with E-state index in [1.165, 1.54) is 4.90 Å². The van der Waals surface area contributed by atoms with Gasteiger partial charge >= 0.3 is 12.0 Å². The molecule has 1 atom stereocenters. The fourth-order valence-electron chi connectivity index (χ4n) is 3.20. The first kappa shape index (κ1) is 16.0. The number of morpholine rings is 1. The van der Waals surface area contributed by atoms with Crippen molar-refractivity contribution < 1.29 is 24.5 Å². The lowest BCUT2D eigenvalue weighted by molar-refractivity contribution is -0.139. The molecule has 0 aromatic carbocycles. The zero-order valence-corrected chi connectivity index (χ0v) is 12.5. The van der Waals surface area contributed by atoms with Crippen molar-refractivity contribution in [1.82, 2.24) is 9.80 Å². The van der Waals surface area contributed by atoms with E-state index in [0.717, 1.165) is 12.8 Å². The van der Waals surface area contributed by atoms with Gasteiger partial charge in [0.05, 0.1) is 37.8 Å². The summed E-state index contributed by atoms with van der Waals surface area (Å²) in [6.07, 6.45) is 3.28. The van der Waals surface area contributed by atoms with E-state index in [1.807, 2.05) is 0 Å². The highest BCUT2D eigenvalue weighted by Gasteiger charge is 2.36. The fraction of sp³-hybridized carbons (Fsp3) is 0.857. The molecule has 1 aliphatic heterocycles. The molecule has 1 saturated carbocycles. The average molecular weight is 300 g/mol. The van der Waals surface area contributed by atoms with Crippen molar-refractivity contribution in [2.45, 2.75) is 43.7 Å². The number of amides is 2. The van der Waals surface area contributed by atoms with Crippen molar-refractivity contribution in [2.24, 2.45) is 0 Å². The van der Waals surface area contributed by atoms with E-state index in [9.17, 15) is 14.7 Å². The Hall–Kier alpha value is -1.34. The number of carboxylic acid groups (broad SMARTS) is 1. The minimum absolute atomic E-state index is 0.121. The first-order valence-corrected chi connectivity index (χ1v) is 7.45. The second-order valence-electron chi connectivity index (χ2n) is 6.09. The Balaban J connectivity index is 1.97. The number of carboxylic acids is 1. The number of carbonyl (C=O) groups is 2. The Morgan fingerprint density at radius 2 is 2.05 bits per heavy atom. The van der Waals surface area contributed by atoms with Gasteiger partial charge < -0.3 is 24.7 Å². The minimum atomic E-state index is -0.944. The number of ether oxygens (including phenoxy) is 1. The van der Waals surface area contributed by atoms with Crippen LogP contribution in [0.4, 0.5) is 4.79 Å². The number of aliphatic carboxylic acids is 1. The maximum Gasteiger partial charge on any atom is 0.320 e. The van der Waals surface area contributed by atoms with Crippen molar-refractivity contribution in [3.05, 3.63) is 0 Å². The summed E-state index contributed by atoms with van der Waals surface area (Å²) in [6, 6.07) is -0.672. The molecule has 2 N–H and O–H groups in total. The predicted octanol–water partition coefficient (Wildman–Crippen LogP) is 0.519. The number of hydrogen-bond donors (Lipinski definition) is 2. The minimum Gasteiger partial charge on any atom is -0.481 e. The Morgan fingerprint density at radius 1 is 1.38 bits per heavy atom. The topological polar surface area (TPSA) is 90.3 Å². The summed E-state index contributed by atoms with van der Waals surface area (Å²) in [5, 5.41) is 19.3. The lowest BCUT2D eigenvalue weighted by Crippen LogP contribution is -2.55. The Morgan fingerprint density at radius 3 is 2.67 bits per heavy atom. The average Bonchev–Trinajstić information content (AvgIpc) is 2.84. The van der Waals surface area contributed by atoms with E-state index in [1.54, 1.807) is 11.9 Å². The Kier molecular flexibility index (Phi) is 5.05. The SMILES string of the molecule is CN(CC1(O)CCCC1)C(=O)N1CCOCC1CC(=O)O. The number of carbonyl (C=O) groups excluding carboxylic acids is 1. The van der Waals surface area contributed by atoms with Crippen LogP contribution in [0, 0.1) is 0 Å². The number of urea groups is 1. The zero-order valence-electron chi connectivity index (χ0n) is 12.5. The second kappa shape index (κ2) is 6.62. The quantitative estimate of drug-likeness (QED) is 0.790. The van der Waals surface area contributed by atoms with Gasteiger partial charge in [0.2, 0.25) is 0 Å². The maximum atomic E-state index is 12.5. The maximum absolute atomic E-state index is 12.5. The van der Waals surface area contributed by atoms with Crippen molar-refractivity contribution in [3.63, 3.8) is 0 Å². The van der Waals surface area contributed by atoms with Gasteiger partial charge in [-0.2, -0.15) is 0 Å². The largest absolute Gasteiger partial charge is 0.481 e. The molecule has 120 valence electrons. The summed E-state index contributed by atoms with van der Waals surface area (Å²) >= 11 is 0. The molecule has 2 amide bonds. The summed E-state index contributed by atoms with van der Waals surface area (Å²) in [4.78, 5) is 26.5. The van der Waals surface area contributed by atoms with Crippen LogP contribution in [-0.4, -0.2) is 77.0 Å². The van der Waals surface area contributed by atoms with Crippen LogP contribution < -0.4 is 0 Å². The smallest absolute Gasteiger partial charge is 0.320 e. The third kappa shape index (κ3) is 4.07. The van der Waals surface area contributed by atoms with E-state index < -0.39 is 17.6 Å². The van der Waals surface area contributed by atoms with Gasteiger partial charge in [-0.3, -0.25) is 4.79 Å². The summed E-state index contributed by atoms with van der Waals surface area (Å²) in [5.74, 6) is -0.944. The van der Waals surface area contributed by atoms with Crippen molar-refractivity contribution >= 4 is 12.0 Å². The standard InChI is InChI=1S/C14H24N2O5/c1-15(10-14(20)4-2-3-5-14)13(19)16-6-7-21-9-11(16)8-12(17)18/h11,20H,2-10H2,1H3,(H,17,18). The molecule has 7 heteroatoms. The highest BCUT2D eigenvalue weighted by molar-refractivity contribution is 5.76. The normalized spacial score (nSPS) is 24.9. The molecule has 2 rings (SSSR count). The number of nitrogens with zero attached hydrogens (tertiary/aromatic N) is 2. The number of hydrogen-bond acceptors (Lipinski definition) is 4. The molecular weight excluding hydrogens is 276 g/mol. The number of aliphatic hydroxyl groups is 1. The number of rotatable bonds is 4. The first-order chi connectivity index (χ1) is 9.91. The van der Waals surface area contributed by atoms with E-state index in [-0.39, 0.29) is 19.1 Å². The molecule has 1 unspecified atom stereocenters. The molecule has 1 saturated heterocycles. The van der Waals surface area contributed by atoms with Gasteiger partial charge in [-0.05, 0) is 12.8 Å². The van der Waals surface area contributed by atoms with Gasteiger partial charge in [-0.15, -0.1) is 0 Å². The van der Waals surface area contributed by atoms with Crippen LogP contribution in [0.25, 0.3) is 0 Å². The van der Waals surface area contributed by atoms with Gasteiger partial charge in [-0.25, -0.2) is 4.79 Å². The molecule has 2 aliphatic rings. The van der Waals surface area contributed by atoms with Crippen molar-refractivity contribution in [3.8, 4) is 0 Å². The molecule has 0 radical (unpaired) electrons. The van der Waals surface area contributed by atoms with E-state index in [2.05, 4.69) is 0 Å². The van der Waals surface area contributed by atoms with Gasteiger partial charge in [0, 0.05) is 13.6 Å². The predicted molar refractivity (Wildman–Crippen MR) is 75.0 cm³/mol. The number of likely N-dealkylation sites (N-methyl/N-ethyl adjacent to an activating group) is 1. The van der Waals surface area contributed by atoms with E-state index in [0.29, 0.717) is 32.5 Å². The molecule has 1 aliphatic carbocycles. The molecule has 0 spiro atoms. The van der Waals surface area contributed by atoms with Crippen LogP contribution in [0.1, 0.15) is 32.1 Å². The monoisotopic (exact) mass is 300 g/mol. The summed E-state index contributed by atoms with van der Waals surface area (Å²) < 4.78 is 5.27. The highest BCUT2D eigenvalue weighted by atomic mass is 16.5. The van der Waals surface area contributed by atoms with Crippen molar-refractivity contribution in [2.75, 3.05) is 33.4 Å². The lowest BCUT2D eigenvalue weighted by atomic mass is 10.0. The van der Waals surface area contributed by atoms with E-state index >= 15 is 0 Å². The second-order valence-corrected chi connectivity index (χ2v) is 6.09. The molecule has 2 fully saturated rings. The van der Waals surface area contributed by atoms with Crippen molar-refractivity contribution in [1.29, 1.82) is 0 Å². The van der Waals surface area contributed by atoms with Crippen LogP contribution in [0.2, 0.25) is 0 Å². The third-order valence-corrected chi connectivity index (χ3v) is 4.28. The summed E-state index contributed by atoms with van der Waals surface area (Å²) in [7, 11) is 1.66. The van der Waals surface area contributed by atoms with Crippen LogP contribution in [-0.2, 0) is 9.53 Å². The zero-order chi connectivity index (χ0) is 15.5. The van der Waals surface area contributed by atoms with Gasteiger partial charge in [0.1, 0.15) is 0 Å². The third-order valence-electron chi connectivity index (χ3n) is 4.28. The van der Waals surface area contributed by atoms with Gasteiger partial charge in [-0.1, -0.05) is 12.8 Å². The lowest BCUT2D eigenvalue weighted by Gasteiger charge is -2.39. The Bertz CT molecular complexity index is 395. The summed E-state index contributed by atoms with van der Waals surface area (Å²) in [5.41, 5.74) is -0.793. The van der Waals surface area contributed by atoms with E-state index in [4.69, 9.17) is 9.84 Å². The molecule has 21 heavy (non-hydrogen) atoms. The fourth-order valence-corrected chi connectivity index (χ4v) is 3.20. The molecular formula is C14H24N2O5. The highest BCUT2D eigenvalue weighted by Crippen LogP contribution is 2.30. The van der Waals surface area contributed by atoms with Crippen LogP contribution >= 0.6 is 0 Å². The molecule has 0 bridgehead atoms. The molecule has 0 aromatic rings. The first-order valence-electron chi connectivity index (χ1n) is 7.45. The van der Waals surface area contributed by atoms with Crippen LogP contribution in [0.5, 0.6) is 0 Å². The van der Waals surface area contributed by atoms with Crippen LogP contribution in [0.15, 0.2) is 0 Å². The van der Waals surface area contributed by atoms with Gasteiger partial charge in [0.15, 0.2) is 0 Å². The summed E-state index contributed by atoms with van der Waals surface area (Å²) in [6.45, 7) is 1.35.